The van der Waals surface area contributed by atoms with Crippen LogP contribution in [0.3, 0.4) is 0 Å². The Hall–Kier alpha value is -2.23. The highest BCUT2D eigenvalue weighted by atomic mass is 79.9. The van der Waals surface area contributed by atoms with Gasteiger partial charge in [0.2, 0.25) is 0 Å². The highest BCUT2D eigenvalue weighted by Gasteiger charge is 2.12. The number of hydrogen-bond acceptors (Lipinski definition) is 4. The van der Waals surface area contributed by atoms with Crippen molar-refractivity contribution in [3.8, 4) is 17.2 Å². The molecule has 0 spiro atoms. The number of ether oxygens (including phenoxy) is 3. The number of carbonyl (C=O) groups is 1. The quantitative estimate of drug-likeness (QED) is 0.174. The minimum Gasteiger partial charge on any atom is -0.496 e. The molecule has 172 valence electrons. The van der Waals surface area contributed by atoms with Gasteiger partial charge in [-0.1, -0.05) is 40.2 Å². The molecule has 0 aliphatic rings. The number of benzene rings is 3. The first-order valence-corrected chi connectivity index (χ1v) is 11.9. The average Bonchev–Trinajstić information content (AvgIpc) is 2.76. The number of rotatable bonds is 9. The van der Waals surface area contributed by atoms with Crippen LogP contribution in [0.1, 0.15) is 21.5 Å². The molecule has 0 aliphatic carbocycles. The van der Waals surface area contributed by atoms with Crippen molar-refractivity contribution in [1.82, 2.24) is 0 Å². The first-order valence-electron chi connectivity index (χ1n) is 9.48. The summed E-state index contributed by atoms with van der Waals surface area (Å²) < 4.78 is 43.0. The molecule has 4 nitrogen and oxygen atoms in total. The molecule has 0 amide bonds. The summed E-state index contributed by atoms with van der Waals surface area (Å²) in [6.45, 7) is -2.73. The monoisotopic (exact) mass is 644 g/mol. The minimum atomic E-state index is -2.95. The van der Waals surface area contributed by atoms with Crippen LogP contribution in [0.15, 0.2) is 74.1 Å². The Kier molecular flexibility index (Phi) is 9.05. The SMILES string of the molecule is COc1ccc(/C=C/C(=O)c2cccc(OC(F)F)c2)cc1COc1c(Br)cc(Br)cc1Br. The topological polar surface area (TPSA) is 44.8 Å². The molecule has 33 heavy (non-hydrogen) atoms. The first-order chi connectivity index (χ1) is 15.8. The summed E-state index contributed by atoms with van der Waals surface area (Å²) in [4.78, 5) is 12.5. The van der Waals surface area contributed by atoms with Gasteiger partial charge in [-0.3, -0.25) is 4.79 Å². The fourth-order valence-electron chi connectivity index (χ4n) is 2.93. The second kappa shape index (κ2) is 11.8. The third-order valence-electron chi connectivity index (χ3n) is 4.41. The summed E-state index contributed by atoms with van der Waals surface area (Å²) in [6, 6.07) is 14.9. The Balaban J connectivity index is 1.77. The predicted octanol–water partition coefficient (Wildman–Crippen LogP) is 8.06. The van der Waals surface area contributed by atoms with Gasteiger partial charge < -0.3 is 14.2 Å². The molecule has 0 radical (unpaired) electrons. The van der Waals surface area contributed by atoms with E-state index in [9.17, 15) is 13.6 Å². The lowest BCUT2D eigenvalue weighted by molar-refractivity contribution is -0.0498. The lowest BCUT2D eigenvalue weighted by Crippen LogP contribution is -2.03. The van der Waals surface area contributed by atoms with E-state index in [1.54, 1.807) is 25.3 Å². The molecule has 0 aliphatic heterocycles. The maximum Gasteiger partial charge on any atom is 0.387 e. The molecule has 0 fully saturated rings. The van der Waals surface area contributed by atoms with Crippen molar-refractivity contribution in [3.63, 3.8) is 0 Å². The van der Waals surface area contributed by atoms with E-state index in [2.05, 4.69) is 52.5 Å². The number of alkyl halides is 2. The van der Waals surface area contributed by atoms with E-state index in [1.807, 2.05) is 18.2 Å². The fraction of sp³-hybridized carbons (Fsp3) is 0.125. The van der Waals surface area contributed by atoms with Gasteiger partial charge in [0.05, 0.1) is 16.1 Å². The zero-order chi connectivity index (χ0) is 24.0. The molecule has 0 atom stereocenters. The zero-order valence-corrected chi connectivity index (χ0v) is 21.9. The summed E-state index contributed by atoms with van der Waals surface area (Å²) in [6.07, 6.45) is 3.01. The van der Waals surface area contributed by atoms with Gasteiger partial charge in [0.1, 0.15) is 23.9 Å². The van der Waals surface area contributed by atoms with Crippen molar-refractivity contribution in [2.45, 2.75) is 13.2 Å². The third kappa shape index (κ3) is 7.12. The summed E-state index contributed by atoms with van der Waals surface area (Å²) in [5.41, 5.74) is 1.77. The van der Waals surface area contributed by atoms with E-state index in [1.165, 1.54) is 30.3 Å². The molecule has 0 saturated heterocycles. The number of ketones is 1. The molecular weight excluding hydrogens is 630 g/mol. The Bertz CT molecular complexity index is 1160. The maximum atomic E-state index is 12.5. The van der Waals surface area contributed by atoms with Gasteiger partial charge in [0.25, 0.3) is 0 Å². The van der Waals surface area contributed by atoms with Gasteiger partial charge in [-0.2, -0.15) is 8.78 Å². The molecule has 0 bridgehead atoms. The lowest BCUT2D eigenvalue weighted by atomic mass is 10.1. The molecular formula is C24H17Br3F2O4. The number of halogens is 5. The van der Waals surface area contributed by atoms with E-state index >= 15 is 0 Å². The van der Waals surface area contributed by atoms with E-state index in [0.29, 0.717) is 11.5 Å². The molecule has 0 N–H and O–H groups in total. The molecule has 0 unspecified atom stereocenters. The summed E-state index contributed by atoms with van der Waals surface area (Å²) >= 11 is 10.4. The van der Waals surface area contributed by atoms with Crippen LogP contribution < -0.4 is 14.2 Å². The normalized spacial score (nSPS) is 11.1. The van der Waals surface area contributed by atoms with Crippen LogP contribution in [0.2, 0.25) is 0 Å². The standard InChI is InChI=1S/C24H17Br3F2O4/c1-31-22-8-6-14(5-7-21(30)15-3-2-4-18(10-15)33-24(28)29)9-16(22)13-32-23-19(26)11-17(25)12-20(23)27/h2-12,24H,13H2,1H3/b7-5+. The number of methoxy groups -OCH3 is 1. The first kappa shape index (κ1) is 25.4. The smallest absolute Gasteiger partial charge is 0.387 e. The molecule has 3 aromatic rings. The van der Waals surface area contributed by atoms with E-state index in [0.717, 1.165) is 24.5 Å². The van der Waals surface area contributed by atoms with Crippen LogP contribution in [0.5, 0.6) is 17.2 Å². The Morgan fingerprint density at radius 2 is 1.76 bits per heavy atom. The number of carbonyl (C=O) groups excluding carboxylic acids is 1. The van der Waals surface area contributed by atoms with Crippen molar-refractivity contribution >= 4 is 59.6 Å². The van der Waals surface area contributed by atoms with Crippen LogP contribution in [-0.4, -0.2) is 19.5 Å². The molecule has 3 rings (SSSR count). The molecule has 0 saturated carbocycles. The van der Waals surface area contributed by atoms with Crippen molar-refractivity contribution in [3.05, 3.63) is 90.8 Å². The second-order valence-electron chi connectivity index (χ2n) is 6.66. The summed E-state index contributed by atoms with van der Waals surface area (Å²) in [7, 11) is 1.57. The minimum absolute atomic E-state index is 0.0709. The van der Waals surface area contributed by atoms with Gasteiger partial charge in [0, 0.05) is 15.6 Å². The van der Waals surface area contributed by atoms with Gasteiger partial charge in [-0.05, 0) is 79.9 Å². The van der Waals surface area contributed by atoms with E-state index in [4.69, 9.17) is 9.47 Å². The van der Waals surface area contributed by atoms with Crippen LogP contribution >= 0.6 is 47.8 Å². The van der Waals surface area contributed by atoms with Crippen LogP contribution in [-0.2, 0) is 6.61 Å². The molecule has 3 aromatic carbocycles. The Morgan fingerprint density at radius 3 is 2.42 bits per heavy atom. The third-order valence-corrected chi connectivity index (χ3v) is 6.05. The van der Waals surface area contributed by atoms with Crippen molar-refractivity contribution in [2.75, 3.05) is 7.11 Å². The van der Waals surface area contributed by atoms with Crippen molar-refractivity contribution in [2.24, 2.45) is 0 Å². The van der Waals surface area contributed by atoms with Crippen LogP contribution in [0, 0.1) is 0 Å². The fourth-order valence-corrected chi connectivity index (χ4v) is 5.41. The molecule has 0 heterocycles. The summed E-state index contributed by atoms with van der Waals surface area (Å²) in [5.74, 6) is 0.867. The average molecular weight is 647 g/mol. The Labute approximate surface area is 214 Å². The number of hydrogen-bond donors (Lipinski definition) is 0. The Morgan fingerprint density at radius 1 is 1.03 bits per heavy atom. The number of allylic oxidation sites excluding steroid dienone is 1. The van der Waals surface area contributed by atoms with Gasteiger partial charge >= 0.3 is 6.61 Å². The van der Waals surface area contributed by atoms with Crippen molar-refractivity contribution in [1.29, 1.82) is 0 Å². The van der Waals surface area contributed by atoms with Crippen LogP contribution in [0.4, 0.5) is 8.78 Å². The largest absolute Gasteiger partial charge is 0.496 e. The second-order valence-corrected chi connectivity index (χ2v) is 9.29. The molecule has 9 heteroatoms. The van der Waals surface area contributed by atoms with Crippen molar-refractivity contribution < 1.29 is 27.8 Å². The maximum absolute atomic E-state index is 12.5. The summed E-state index contributed by atoms with van der Waals surface area (Å²) in [5, 5.41) is 0. The van der Waals surface area contributed by atoms with E-state index < -0.39 is 6.61 Å². The van der Waals surface area contributed by atoms with Crippen LogP contribution in [0.25, 0.3) is 6.08 Å². The highest BCUT2D eigenvalue weighted by Crippen LogP contribution is 2.37. The highest BCUT2D eigenvalue weighted by molar-refractivity contribution is 9.11. The van der Waals surface area contributed by atoms with E-state index in [-0.39, 0.29) is 23.7 Å². The predicted molar refractivity (Wildman–Crippen MR) is 133 cm³/mol. The van der Waals surface area contributed by atoms with Gasteiger partial charge in [-0.25, -0.2) is 0 Å². The van der Waals surface area contributed by atoms with Gasteiger partial charge in [0.15, 0.2) is 5.78 Å². The molecule has 0 aromatic heterocycles. The zero-order valence-electron chi connectivity index (χ0n) is 17.2. The van der Waals surface area contributed by atoms with Gasteiger partial charge in [-0.15, -0.1) is 0 Å². The lowest BCUT2D eigenvalue weighted by Gasteiger charge is -2.14.